The van der Waals surface area contributed by atoms with Gasteiger partial charge in [0.05, 0.1) is 30.3 Å². The molecule has 0 spiro atoms. The van der Waals surface area contributed by atoms with Crippen LogP contribution < -0.4 is 14.8 Å². The molecule has 0 aliphatic carbocycles. The summed E-state index contributed by atoms with van der Waals surface area (Å²) in [4.78, 5) is 12.3. The lowest BCUT2D eigenvalue weighted by molar-refractivity contribution is 0.102. The Bertz CT molecular complexity index is 837. The number of anilines is 2. The molecule has 0 radical (unpaired) electrons. The average molecular weight is 338 g/mol. The van der Waals surface area contributed by atoms with Crippen LogP contribution in [0.4, 0.5) is 15.8 Å². The molecular weight excluding hydrogens is 323 g/mol. The minimum Gasteiger partial charge on any atom is -0.496 e. The zero-order valence-corrected chi connectivity index (χ0v) is 13.3. The number of benzene rings is 2. The van der Waals surface area contributed by atoms with Crippen molar-refractivity contribution in [2.45, 2.75) is 0 Å². The molecule has 0 bridgehead atoms. The van der Waals surface area contributed by atoms with Crippen LogP contribution in [0, 0.1) is 5.82 Å². The Labute approximate surface area is 133 Å². The van der Waals surface area contributed by atoms with Crippen molar-refractivity contribution in [1.82, 2.24) is 0 Å². The number of halogens is 1. The number of para-hydroxylation sites is 1. The number of ether oxygens (including phenoxy) is 1. The predicted molar refractivity (Wildman–Crippen MR) is 85.8 cm³/mol. The first-order valence-corrected chi connectivity index (χ1v) is 8.41. The lowest BCUT2D eigenvalue weighted by Gasteiger charge is -2.13. The van der Waals surface area contributed by atoms with Crippen molar-refractivity contribution in [3.8, 4) is 5.75 Å². The molecule has 8 heteroatoms. The smallest absolute Gasteiger partial charge is 0.259 e. The zero-order valence-electron chi connectivity index (χ0n) is 12.5. The normalized spacial score (nSPS) is 10.9. The van der Waals surface area contributed by atoms with E-state index in [1.807, 2.05) is 0 Å². The monoisotopic (exact) mass is 338 g/mol. The highest BCUT2D eigenvalue weighted by Gasteiger charge is 2.15. The summed E-state index contributed by atoms with van der Waals surface area (Å²) in [6.07, 6.45) is 0.960. The summed E-state index contributed by atoms with van der Waals surface area (Å²) in [5, 5.41) is 2.48. The van der Waals surface area contributed by atoms with E-state index in [9.17, 15) is 17.6 Å². The summed E-state index contributed by atoms with van der Waals surface area (Å²) in [5.74, 6) is -0.817. The van der Waals surface area contributed by atoms with Crippen LogP contribution in [0.3, 0.4) is 0 Å². The molecular formula is C15H15FN2O4S. The molecule has 2 aromatic carbocycles. The fourth-order valence-electron chi connectivity index (χ4n) is 1.93. The van der Waals surface area contributed by atoms with Crippen LogP contribution in [0.2, 0.25) is 0 Å². The lowest BCUT2D eigenvalue weighted by Crippen LogP contribution is -2.17. The van der Waals surface area contributed by atoms with E-state index in [0.29, 0.717) is 5.75 Å². The lowest BCUT2D eigenvalue weighted by atomic mass is 10.1. The van der Waals surface area contributed by atoms with Crippen LogP contribution in [-0.2, 0) is 10.0 Å². The second kappa shape index (κ2) is 6.66. The molecule has 0 saturated carbocycles. The number of methoxy groups -OCH3 is 1. The number of carbonyl (C=O) groups excluding carboxylic acids is 1. The number of carbonyl (C=O) groups is 1. The summed E-state index contributed by atoms with van der Waals surface area (Å²) >= 11 is 0. The molecule has 122 valence electrons. The number of hydrogen-bond acceptors (Lipinski definition) is 4. The molecule has 0 atom stereocenters. The van der Waals surface area contributed by atoms with Gasteiger partial charge >= 0.3 is 0 Å². The third kappa shape index (κ3) is 4.43. The predicted octanol–water partition coefficient (Wildman–Crippen LogP) is 2.46. The van der Waals surface area contributed by atoms with E-state index in [-0.39, 0.29) is 16.9 Å². The van der Waals surface area contributed by atoms with Crippen LogP contribution in [0.15, 0.2) is 42.5 Å². The molecule has 1 amide bonds. The van der Waals surface area contributed by atoms with Crippen molar-refractivity contribution >= 4 is 27.3 Å². The van der Waals surface area contributed by atoms with Gasteiger partial charge in [-0.3, -0.25) is 9.52 Å². The van der Waals surface area contributed by atoms with E-state index in [0.717, 1.165) is 18.4 Å². The highest BCUT2D eigenvalue weighted by atomic mass is 32.2. The van der Waals surface area contributed by atoms with E-state index in [1.165, 1.54) is 19.2 Å². The summed E-state index contributed by atoms with van der Waals surface area (Å²) in [6.45, 7) is 0. The molecule has 23 heavy (non-hydrogen) atoms. The molecule has 0 unspecified atom stereocenters. The van der Waals surface area contributed by atoms with E-state index in [1.54, 1.807) is 18.2 Å². The molecule has 0 aromatic heterocycles. The minimum absolute atomic E-state index is 0.00586. The third-order valence-corrected chi connectivity index (χ3v) is 3.47. The van der Waals surface area contributed by atoms with Crippen molar-refractivity contribution in [2.75, 3.05) is 23.4 Å². The quantitative estimate of drug-likeness (QED) is 0.877. The minimum atomic E-state index is -3.57. The van der Waals surface area contributed by atoms with E-state index in [2.05, 4.69) is 10.0 Å². The molecule has 0 heterocycles. The first-order chi connectivity index (χ1) is 10.8. The van der Waals surface area contributed by atoms with E-state index >= 15 is 0 Å². The zero-order chi connectivity index (χ0) is 17.0. The molecule has 2 aromatic rings. The van der Waals surface area contributed by atoms with Crippen molar-refractivity contribution in [3.63, 3.8) is 0 Å². The van der Waals surface area contributed by atoms with Crippen LogP contribution >= 0.6 is 0 Å². The molecule has 6 nitrogen and oxygen atoms in total. The van der Waals surface area contributed by atoms with Crippen molar-refractivity contribution in [2.24, 2.45) is 0 Å². The Hall–Kier alpha value is -2.61. The Morgan fingerprint density at radius 1 is 1.13 bits per heavy atom. The SMILES string of the molecule is COc1ccccc1C(=O)Nc1cc(F)ccc1NS(C)(=O)=O. The standard InChI is InChI=1S/C15H15FN2O4S/c1-22-14-6-4-3-5-11(14)15(19)17-13-9-10(16)7-8-12(13)18-23(2,20)21/h3-9,18H,1-2H3,(H,17,19). The van der Waals surface area contributed by atoms with E-state index < -0.39 is 21.7 Å². The van der Waals surface area contributed by atoms with Gasteiger partial charge in [-0.15, -0.1) is 0 Å². The van der Waals surface area contributed by atoms with Gasteiger partial charge in [-0.1, -0.05) is 12.1 Å². The summed E-state index contributed by atoms with van der Waals surface area (Å²) < 4.78 is 43.5. The van der Waals surface area contributed by atoms with Gasteiger partial charge in [-0.25, -0.2) is 12.8 Å². The highest BCUT2D eigenvalue weighted by molar-refractivity contribution is 7.92. The van der Waals surface area contributed by atoms with Crippen molar-refractivity contribution in [1.29, 1.82) is 0 Å². The molecule has 0 aliphatic heterocycles. The summed E-state index contributed by atoms with van der Waals surface area (Å²) in [6, 6.07) is 9.85. The number of nitrogens with one attached hydrogen (secondary N) is 2. The van der Waals surface area contributed by atoms with Crippen LogP contribution in [-0.4, -0.2) is 27.7 Å². The fourth-order valence-corrected chi connectivity index (χ4v) is 2.51. The van der Waals surface area contributed by atoms with Crippen molar-refractivity contribution in [3.05, 3.63) is 53.8 Å². The number of hydrogen-bond donors (Lipinski definition) is 2. The van der Waals surface area contributed by atoms with Gasteiger partial charge in [0.1, 0.15) is 11.6 Å². The second-order valence-corrected chi connectivity index (χ2v) is 6.47. The Morgan fingerprint density at radius 3 is 2.48 bits per heavy atom. The molecule has 0 saturated heterocycles. The van der Waals surface area contributed by atoms with Gasteiger partial charge in [-0.2, -0.15) is 0 Å². The Kier molecular flexibility index (Phi) is 4.85. The third-order valence-electron chi connectivity index (χ3n) is 2.88. The summed E-state index contributed by atoms with van der Waals surface area (Å²) in [5.41, 5.74) is 0.313. The van der Waals surface area contributed by atoms with Gasteiger partial charge in [0.15, 0.2) is 0 Å². The molecule has 0 aliphatic rings. The van der Waals surface area contributed by atoms with Crippen molar-refractivity contribution < 1.29 is 22.3 Å². The molecule has 2 rings (SSSR count). The number of rotatable bonds is 5. The topological polar surface area (TPSA) is 84.5 Å². The molecule has 0 fully saturated rings. The summed E-state index contributed by atoms with van der Waals surface area (Å²) in [7, 11) is -2.15. The van der Waals surface area contributed by atoms with E-state index in [4.69, 9.17) is 4.74 Å². The second-order valence-electron chi connectivity index (χ2n) is 4.72. The molecule has 2 N–H and O–H groups in total. The largest absolute Gasteiger partial charge is 0.496 e. The van der Waals surface area contributed by atoms with Gasteiger partial charge in [0, 0.05) is 0 Å². The number of sulfonamides is 1. The van der Waals surface area contributed by atoms with Crippen LogP contribution in [0.25, 0.3) is 0 Å². The maximum absolute atomic E-state index is 13.4. The fraction of sp³-hybridized carbons (Fsp3) is 0.133. The maximum atomic E-state index is 13.4. The first kappa shape index (κ1) is 16.8. The first-order valence-electron chi connectivity index (χ1n) is 6.52. The Balaban J connectivity index is 2.35. The van der Waals surface area contributed by atoms with Crippen LogP contribution in [0.1, 0.15) is 10.4 Å². The number of amides is 1. The van der Waals surface area contributed by atoms with Crippen LogP contribution in [0.5, 0.6) is 5.75 Å². The van der Waals surface area contributed by atoms with Gasteiger partial charge in [0.25, 0.3) is 5.91 Å². The van der Waals surface area contributed by atoms with Gasteiger partial charge in [-0.05, 0) is 30.3 Å². The van der Waals surface area contributed by atoms with Gasteiger partial charge in [0.2, 0.25) is 10.0 Å². The Morgan fingerprint density at radius 2 is 1.83 bits per heavy atom. The highest BCUT2D eigenvalue weighted by Crippen LogP contribution is 2.26. The van der Waals surface area contributed by atoms with Gasteiger partial charge < -0.3 is 10.1 Å². The average Bonchev–Trinajstić information content (AvgIpc) is 2.48. The maximum Gasteiger partial charge on any atom is 0.259 e.